The molecule has 1 aliphatic heterocycles. The normalized spacial score (nSPS) is 26.0. The molecule has 2 N–H and O–H groups in total. The predicted molar refractivity (Wildman–Crippen MR) is 56.5 cm³/mol. The van der Waals surface area contributed by atoms with Crippen LogP contribution in [0.5, 0.6) is 0 Å². The van der Waals surface area contributed by atoms with Crippen LogP contribution in [-0.2, 0) is 11.2 Å². The Bertz CT molecular complexity index is 312. The van der Waals surface area contributed by atoms with Gasteiger partial charge in [0, 0.05) is 20.1 Å². The van der Waals surface area contributed by atoms with Crippen LogP contribution in [0.15, 0.2) is 0 Å². The lowest BCUT2D eigenvalue weighted by molar-refractivity contribution is 0.117. The summed E-state index contributed by atoms with van der Waals surface area (Å²) in [5.74, 6) is 1.85. The highest BCUT2D eigenvalue weighted by molar-refractivity contribution is 5.01. The van der Waals surface area contributed by atoms with Gasteiger partial charge in [-0.1, -0.05) is 6.92 Å². The van der Waals surface area contributed by atoms with Crippen LogP contribution in [0.25, 0.3) is 0 Å². The minimum atomic E-state index is 0.247. The second kappa shape index (κ2) is 4.72. The van der Waals surface area contributed by atoms with Crippen molar-refractivity contribution in [3.05, 3.63) is 11.6 Å². The van der Waals surface area contributed by atoms with Crippen LogP contribution in [0, 0.1) is 0 Å². The Hall–Kier alpha value is -0.940. The Morgan fingerprint density at radius 2 is 2.40 bits per heavy atom. The lowest BCUT2D eigenvalue weighted by Crippen LogP contribution is -2.16. The molecule has 2 rings (SSSR count). The Kier molecular flexibility index (Phi) is 3.33. The Balaban J connectivity index is 1.97. The first-order chi connectivity index (χ1) is 7.33. The van der Waals surface area contributed by atoms with Crippen molar-refractivity contribution in [2.24, 2.45) is 0 Å². The second-order valence-corrected chi connectivity index (χ2v) is 3.94. The molecule has 5 nitrogen and oxygen atoms in total. The maximum absolute atomic E-state index is 5.29. The Labute approximate surface area is 89.6 Å². The van der Waals surface area contributed by atoms with Crippen LogP contribution in [-0.4, -0.2) is 34.9 Å². The molecule has 5 heteroatoms. The molecule has 0 bridgehead atoms. The third-order valence-corrected chi connectivity index (χ3v) is 2.77. The van der Waals surface area contributed by atoms with Crippen molar-refractivity contribution in [2.75, 3.05) is 13.7 Å². The first-order valence-electron chi connectivity index (χ1n) is 5.50. The second-order valence-electron chi connectivity index (χ2n) is 3.94. The summed E-state index contributed by atoms with van der Waals surface area (Å²) in [7, 11) is 1.75. The number of nitrogens with zero attached hydrogens (tertiary/aromatic N) is 2. The smallest absolute Gasteiger partial charge is 0.167 e. The highest BCUT2D eigenvalue weighted by Crippen LogP contribution is 2.21. The van der Waals surface area contributed by atoms with E-state index in [1.807, 2.05) is 0 Å². The quantitative estimate of drug-likeness (QED) is 0.772. The monoisotopic (exact) mass is 210 g/mol. The molecule has 1 saturated heterocycles. The number of hydrogen-bond donors (Lipinski definition) is 2. The molecule has 15 heavy (non-hydrogen) atoms. The van der Waals surface area contributed by atoms with Gasteiger partial charge in [0.15, 0.2) is 5.82 Å². The molecule has 0 aliphatic carbocycles. The molecule has 1 aromatic rings. The van der Waals surface area contributed by atoms with Crippen molar-refractivity contribution in [1.29, 1.82) is 0 Å². The van der Waals surface area contributed by atoms with E-state index < -0.39 is 0 Å². The molecule has 0 aromatic carbocycles. The van der Waals surface area contributed by atoms with Gasteiger partial charge in [0.1, 0.15) is 5.82 Å². The fraction of sp³-hybridized carbons (Fsp3) is 0.800. The van der Waals surface area contributed by atoms with Crippen LogP contribution in [0.1, 0.15) is 37.5 Å². The number of rotatable bonds is 4. The fourth-order valence-corrected chi connectivity index (χ4v) is 1.89. The SMILES string of the molecule is CCCc1nc(C2CC(OC)CN2)n[nH]1. The minimum absolute atomic E-state index is 0.247. The van der Waals surface area contributed by atoms with E-state index in [4.69, 9.17) is 4.74 Å². The third kappa shape index (κ3) is 2.35. The lowest BCUT2D eigenvalue weighted by Gasteiger charge is -2.04. The summed E-state index contributed by atoms with van der Waals surface area (Å²) in [5.41, 5.74) is 0. The molecule has 84 valence electrons. The zero-order chi connectivity index (χ0) is 10.7. The van der Waals surface area contributed by atoms with Gasteiger partial charge in [-0.05, 0) is 12.8 Å². The van der Waals surface area contributed by atoms with Gasteiger partial charge in [0.25, 0.3) is 0 Å². The van der Waals surface area contributed by atoms with Crippen LogP contribution < -0.4 is 5.32 Å². The van der Waals surface area contributed by atoms with Crippen molar-refractivity contribution in [3.63, 3.8) is 0 Å². The van der Waals surface area contributed by atoms with E-state index in [0.717, 1.165) is 37.5 Å². The van der Waals surface area contributed by atoms with Crippen LogP contribution in [0.2, 0.25) is 0 Å². The zero-order valence-corrected chi connectivity index (χ0v) is 9.29. The van der Waals surface area contributed by atoms with E-state index in [9.17, 15) is 0 Å². The summed E-state index contributed by atoms with van der Waals surface area (Å²) in [6.45, 7) is 3.02. The molecule has 0 spiro atoms. The summed E-state index contributed by atoms with van der Waals surface area (Å²) < 4.78 is 5.29. The first kappa shape index (κ1) is 10.6. The van der Waals surface area contributed by atoms with Gasteiger partial charge in [-0.15, -0.1) is 0 Å². The molecule has 1 aromatic heterocycles. The van der Waals surface area contributed by atoms with E-state index in [-0.39, 0.29) is 6.04 Å². The summed E-state index contributed by atoms with van der Waals surface area (Å²) in [6, 6.07) is 0.247. The van der Waals surface area contributed by atoms with Gasteiger partial charge in [-0.3, -0.25) is 5.10 Å². The molecule has 1 aliphatic rings. The topological polar surface area (TPSA) is 62.8 Å². The number of H-pyrrole nitrogens is 1. The van der Waals surface area contributed by atoms with Gasteiger partial charge < -0.3 is 10.1 Å². The highest BCUT2D eigenvalue weighted by atomic mass is 16.5. The van der Waals surface area contributed by atoms with Crippen molar-refractivity contribution in [3.8, 4) is 0 Å². The average Bonchev–Trinajstić information content (AvgIpc) is 2.85. The Morgan fingerprint density at radius 3 is 3.07 bits per heavy atom. The summed E-state index contributed by atoms with van der Waals surface area (Å²) in [4.78, 5) is 4.47. The maximum Gasteiger partial charge on any atom is 0.167 e. The number of aromatic nitrogens is 3. The standard InChI is InChI=1S/C10H18N4O/c1-3-4-9-12-10(14-13-9)8-5-7(15-2)6-11-8/h7-8,11H,3-6H2,1-2H3,(H,12,13,14). The predicted octanol–water partition coefficient (Wildman–Crippen LogP) is 0.807. The lowest BCUT2D eigenvalue weighted by atomic mass is 10.2. The Morgan fingerprint density at radius 1 is 1.53 bits per heavy atom. The molecule has 2 atom stereocenters. The summed E-state index contributed by atoms with van der Waals surface area (Å²) in [6.07, 6.45) is 3.31. The average molecular weight is 210 g/mol. The van der Waals surface area contributed by atoms with Gasteiger partial charge in [-0.25, -0.2) is 4.98 Å². The van der Waals surface area contributed by atoms with E-state index in [0.29, 0.717) is 6.10 Å². The number of nitrogens with one attached hydrogen (secondary N) is 2. The molecular weight excluding hydrogens is 192 g/mol. The first-order valence-corrected chi connectivity index (χ1v) is 5.50. The van der Waals surface area contributed by atoms with E-state index in [1.165, 1.54) is 0 Å². The summed E-state index contributed by atoms with van der Waals surface area (Å²) in [5, 5.41) is 10.6. The van der Waals surface area contributed by atoms with Gasteiger partial charge in [0.05, 0.1) is 12.1 Å². The largest absolute Gasteiger partial charge is 0.380 e. The van der Waals surface area contributed by atoms with Gasteiger partial charge >= 0.3 is 0 Å². The molecule has 0 amide bonds. The minimum Gasteiger partial charge on any atom is -0.380 e. The van der Waals surface area contributed by atoms with Crippen LogP contribution >= 0.6 is 0 Å². The van der Waals surface area contributed by atoms with Crippen molar-refractivity contribution >= 4 is 0 Å². The van der Waals surface area contributed by atoms with Crippen LogP contribution in [0.3, 0.4) is 0 Å². The number of aromatic amines is 1. The number of aryl methyl sites for hydroxylation is 1. The molecule has 0 radical (unpaired) electrons. The zero-order valence-electron chi connectivity index (χ0n) is 9.29. The van der Waals surface area contributed by atoms with Crippen LogP contribution in [0.4, 0.5) is 0 Å². The van der Waals surface area contributed by atoms with Crippen molar-refractivity contribution in [2.45, 2.75) is 38.3 Å². The maximum atomic E-state index is 5.29. The third-order valence-electron chi connectivity index (χ3n) is 2.77. The number of hydrogen-bond acceptors (Lipinski definition) is 4. The molecule has 1 fully saturated rings. The van der Waals surface area contributed by atoms with E-state index in [2.05, 4.69) is 27.4 Å². The number of methoxy groups -OCH3 is 1. The van der Waals surface area contributed by atoms with Crippen molar-refractivity contribution < 1.29 is 4.74 Å². The van der Waals surface area contributed by atoms with E-state index >= 15 is 0 Å². The highest BCUT2D eigenvalue weighted by Gasteiger charge is 2.27. The molecule has 2 unspecified atom stereocenters. The van der Waals surface area contributed by atoms with Gasteiger partial charge in [-0.2, -0.15) is 5.10 Å². The van der Waals surface area contributed by atoms with Gasteiger partial charge in [0.2, 0.25) is 0 Å². The summed E-state index contributed by atoms with van der Waals surface area (Å²) >= 11 is 0. The molecule has 0 saturated carbocycles. The fourth-order valence-electron chi connectivity index (χ4n) is 1.89. The molecule has 2 heterocycles. The van der Waals surface area contributed by atoms with Crippen molar-refractivity contribution in [1.82, 2.24) is 20.5 Å². The number of ether oxygens (including phenoxy) is 1. The van der Waals surface area contributed by atoms with E-state index in [1.54, 1.807) is 7.11 Å². The molecular formula is C10H18N4O.